The highest BCUT2D eigenvalue weighted by molar-refractivity contribution is 5.35. The molecule has 18 heavy (non-hydrogen) atoms. The summed E-state index contributed by atoms with van der Waals surface area (Å²) >= 11 is 0. The Morgan fingerprint density at radius 2 is 1.83 bits per heavy atom. The minimum Gasteiger partial charge on any atom is -0.385 e. The average molecular weight is 246 g/mol. The van der Waals surface area contributed by atoms with Gasteiger partial charge in [0.25, 0.3) is 0 Å². The topological polar surface area (TPSA) is 20.2 Å². The van der Waals surface area contributed by atoms with Gasteiger partial charge in [-0.1, -0.05) is 44.5 Å². The normalized spacial score (nSPS) is 31.3. The van der Waals surface area contributed by atoms with Gasteiger partial charge in [-0.05, 0) is 55.6 Å². The highest BCUT2D eigenvalue weighted by atomic mass is 16.3. The maximum absolute atomic E-state index is 11.1. The van der Waals surface area contributed by atoms with Crippen LogP contribution in [0.1, 0.15) is 56.7 Å². The quantitative estimate of drug-likeness (QED) is 0.781. The largest absolute Gasteiger partial charge is 0.385 e. The van der Waals surface area contributed by atoms with Gasteiger partial charge in [0, 0.05) is 0 Å². The van der Waals surface area contributed by atoms with E-state index in [-0.39, 0.29) is 0 Å². The summed E-state index contributed by atoms with van der Waals surface area (Å²) in [6.45, 7) is 11.0. The molecule has 0 bridgehead atoms. The molecule has 100 valence electrons. The van der Waals surface area contributed by atoms with E-state index in [1.165, 1.54) is 11.1 Å². The summed E-state index contributed by atoms with van der Waals surface area (Å²) in [7, 11) is 0. The summed E-state index contributed by atoms with van der Waals surface area (Å²) in [5.74, 6) is 0.322. The highest BCUT2D eigenvalue weighted by Gasteiger charge is 2.44. The predicted molar refractivity (Wildman–Crippen MR) is 76.6 cm³/mol. The molecule has 1 heteroatoms. The van der Waals surface area contributed by atoms with Gasteiger partial charge >= 0.3 is 0 Å². The Bertz CT molecular complexity index is 447. The first-order chi connectivity index (χ1) is 8.24. The molecule has 0 aliphatic heterocycles. The fourth-order valence-corrected chi connectivity index (χ4v) is 3.57. The summed E-state index contributed by atoms with van der Waals surface area (Å²) < 4.78 is 0. The standard InChI is InChI=1S/C17H26O/c1-12-6-7-15(13(2)10-12)17(18)9-8-16(4,5)11-14(17)3/h6-7,10,14,18H,8-9,11H2,1-5H3. The van der Waals surface area contributed by atoms with Crippen LogP contribution in [0.25, 0.3) is 0 Å². The van der Waals surface area contributed by atoms with Gasteiger partial charge in [-0.15, -0.1) is 0 Å². The summed E-state index contributed by atoms with van der Waals surface area (Å²) in [6.07, 6.45) is 3.07. The molecule has 0 aromatic heterocycles. The number of aryl methyl sites for hydroxylation is 2. The van der Waals surface area contributed by atoms with E-state index in [1.54, 1.807) is 0 Å². The molecule has 1 nitrogen and oxygen atoms in total. The first-order valence-electron chi connectivity index (χ1n) is 7.05. The van der Waals surface area contributed by atoms with Crippen LogP contribution in [0.4, 0.5) is 0 Å². The molecular formula is C17H26O. The van der Waals surface area contributed by atoms with Gasteiger partial charge in [0.15, 0.2) is 0 Å². The zero-order valence-corrected chi connectivity index (χ0v) is 12.4. The van der Waals surface area contributed by atoms with Crippen molar-refractivity contribution in [3.8, 4) is 0 Å². The summed E-state index contributed by atoms with van der Waals surface area (Å²) in [6, 6.07) is 6.42. The van der Waals surface area contributed by atoms with Crippen molar-refractivity contribution in [2.45, 2.75) is 59.5 Å². The van der Waals surface area contributed by atoms with Crippen LogP contribution in [0.3, 0.4) is 0 Å². The lowest BCUT2D eigenvalue weighted by atomic mass is 9.63. The Kier molecular flexibility index (Phi) is 3.31. The molecule has 1 aliphatic carbocycles. The third-order valence-corrected chi connectivity index (χ3v) is 4.71. The van der Waals surface area contributed by atoms with Crippen molar-refractivity contribution in [3.63, 3.8) is 0 Å². The van der Waals surface area contributed by atoms with Crippen LogP contribution in [-0.4, -0.2) is 5.11 Å². The Morgan fingerprint density at radius 1 is 1.17 bits per heavy atom. The molecule has 1 aliphatic rings. The minimum atomic E-state index is -0.632. The fourth-order valence-electron chi connectivity index (χ4n) is 3.57. The summed E-state index contributed by atoms with van der Waals surface area (Å²) in [5.41, 5.74) is 3.36. The second kappa shape index (κ2) is 4.38. The fraction of sp³-hybridized carbons (Fsp3) is 0.647. The van der Waals surface area contributed by atoms with Crippen LogP contribution >= 0.6 is 0 Å². The van der Waals surface area contributed by atoms with Crippen molar-refractivity contribution in [1.29, 1.82) is 0 Å². The van der Waals surface area contributed by atoms with Gasteiger partial charge in [0.1, 0.15) is 0 Å². The van der Waals surface area contributed by atoms with E-state index >= 15 is 0 Å². The van der Waals surface area contributed by atoms with E-state index < -0.39 is 5.60 Å². The first kappa shape index (κ1) is 13.6. The van der Waals surface area contributed by atoms with Crippen LogP contribution in [-0.2, 0) is 5.60 Å². The molecule has 1 N–H and O–H groups in total. The monoisotopic (exact) mass is 246 g/mol. The van der Waals surface area contributed by atoms with E-state index in [0.29, 0.717) is 11.3 Å². The molecule has 2 unspecified atom stereocenters. The van der Waals surface area contributed by atoms with Crippen molar-refractivity contribution in [2.24, 2.45) is 11.3 Å². The van der Waals surface area contributed by atoms with Crippen molar-refractivity contribution < 1.29 is 5.11 Å². The number of rotatable bonds is 1. The zero-order valence-electron chi connectivity index (χ0n) is 12.4. The predicted octanol–water partition coefficient (Wildman–Crippen LogP) is 4.34. The van der Waals surface area contributed by atoms with Crippen molar-refractivity contribution >= 4 is 0 Å². The average Bonchev–Trinajstić information content (AvgIpc) is 2.24. The third-order valence-electron chi connectivity index (χ3n) is 4.71. The number of hydrogen-bond donors (Lipinski definition) is 1. The number of aliphatic hydroxyl groups is 1. The molecule has 0 spiro atoms. The van der Waals surface area contributed by atoms with Crippen molar-refractivity contribution in [2.75, 3.05) is 0 Å². The van der Waals surface area contributed by atoms with E-state index in [4.69, 9.17) is 0 Å². The molecule has 1 fully saturated rings. The second-order valence-electron chi connectivity index (χ2n) is 7.01. The van der Waals surface area contributed by atoms with Gasteiger partial charge in [-0.2, -0.15) is 0 Å². The van der Waals surface area contributed by atoms with Gasteiger partial charge in [-0.25, -0.2) is 0 Å². The maximum Gasteiger partial charge on any atom is 0.0924 e. The van der Waals surface area contributed by atoms with Crippen LogP contribution in [0, 0.1) is 25.2 Å². The van der Waals surface area contributed by atoms with Gasteiger partial charge in [0.05, 0.1) is 5.60 Å². The van der Waals surface area contributed by atoms with Crippen LogP contribution in [0.5, 0.6) is 0 Å². The second-order valence-corrected chi connectivity index (χ2v) is 7.01. The highest BCUT2D eigenvalue weighted by Crippen LogP contribution is 2.49. The van der Waals surface area contributed by atoms with E-state index in [1.807, 2.05) is 0 Å². The van der Waals surface area contributed by atoms with E-state index in [2.05, 4.69) is 52.8 Å². The molecule has 0 saturated heterocycles. The molecule has 1 aromatic carbocycles. The van der Waals surface area contributed by atoms with Crippen molar-refractivity contribution in [3.05, 3.63) is 34.9 Å². The number of hydrogen-bond acceptors (Lipinski definition) is 1. The molecule has 2 rings (SSSR count). The van der Waals surface area contributed by atoms with Gasteiger partial charge in [-0.3, -0.25) is 0 Å². The molecule has 1 aromatic rings. The molecule has 0 amide bonds. The minimum absolute atomic E-state index is 0.322. The molecule has 2 atom stereocenters. The Balaban J connectivity index is 2.37. The SMILES string of the molecule is Cc1ccc(C2(O)CCC(C)(C)CC2C)c(C)c1. The Morgan fingerprint density at radius 3 is 2.39 bits per heavy atom. The number of benzene rings is 1. The van der Waals surface area contributed by atoms with E-state index in [0.717, 1.165) is 24.8 Å². The molecular weight excluding hydrogens is 220 g/mol. The zero-order chi connectivity index (χ0) is 13.6. The smallest absolute Gasteiger partial charge is 0.0924 e. The third kappa shape index (κ3) is 2.33. The van der Waals surface area contributed by atoms with Crippen LogP contribution < -0.4 is 0 Å². The van der Waals surface area contributed by atoms with Gasteiger partial charge in [0.2, 0.25) is 0 Å². The molecule has 1 saturated carbocycles. The van der Waals surface area contributed by atoms with Gasteiger partial charge < -0.3 is 5.11 Å². The molecule has 0 heterocycles. The lowest BCUT2D eigenvalue weighted by molar-refractivity contribution is -0.0773. The lowest BCUT2D eigenvalue weighted by Gasteiger charge is -2.46. The summed E-state index contributed by atoms with van der Waals surface area (Å²) in [5, 5.41) is 11.1. The van der Waals surface area contributed by atoms with E-state index in [9.17, 15) is 5.11 Å². The lowest BCUT2D eigenvalue weighted by Crippen LogP contribution is -2.42. The maximum atomic E-state index is 11.1. The summed E-state index contributed by atoms with van der Waals surface area (Å²) in [4.78, 5) is 0. The molecule has 0 radical (unpaired) electrons. The first-order valence-corrected chi connectivity index (χ1v) is 7.05. The van der Waals surface area contributed by atoms with Crippen molar-refractivity contribution in [1.82, 2.24) is 0 Å². The van der Waals surface area contributed by atoms with Crippen LogP contribution in [0.15, 0.2) is 18.2 Å². The Hall–Kier alpha value is -0.820. The Labute approximate surface area is 111 Å². The van der Waals surface area contributed by atoms with Crippen LogP contribution in [0.2, 0.25) is 0 Å².